The van der Waals surface area contributed by atoms with Crippen LogP contribution in [0.1, 0.15) is 5.56 Å². The Morgan fingerprint density at radius 1 is 1.12 bits per heavy atom. The number of ether oxygens (including phenoxy) is 1. The van der Waals surface area contributed by atoms with Crippen molar-refractivity contribution in [1.82, 2.24) is 10.9 Å². The molecule has 0 radical (unpaired) electrons. The number of hydrazine groups is 1. The fourth-order valence-corrected chi connectivity index (χ4v) is 2.30. The van der Waals surface area contributed by atoms with Crippen LogP contribution < -0.4 is 20.9 Å². The summed E-state index contributed by atoms with van der Waals surface area (Å²) < 4.78 is 5.04. The van der Waals surface area contributed by atoms with E-state index in [2.05, 4.69) is 22.7 Å². The number of nitrogens with one attached hydrogen (secondary N) is 3. The second kappa shape index (κ2) is 8.10. The van der Waals surface area contributed by atoms with Crippen LogP contribution in [0.15, 0.2) is 43.0 Å². The summed E-state index contributed by atoms with van der Waals surface area (Å²) in [6.07, 6.45) is 0. The molecule has 0 unspecified atom stereocenters. The monoisotopic (exact) mass is 383 g/mol. The van der Waals surface area contributed by atoms with Crippen LogP contribution in [-0.2, 0) is 0 Å². The van der Waals surface area contributed by atoms with E-state index in [1.54, 1.807) is 30.3 Å². The highest BCUT2D eigenvalue weighted by Gasteiger charge is 2.07. The van der Waals surface area contributed by atoms with Crippen LogP contribution in [-0.4, -0.2) is 17.3 Å². The molecule has 0 bridgehead atoms. The Morgan fingerprint density at radius 2 is 1.88 bits per heavy atom. The van der Waals surface area contributed by atoms with Crippen molar-refractivity contribution in [3.63, 3.8) is 0 Å². The topological polar surface area (TPSA) is 65.5 Å². The fraction of sp³-hybridized carbons (Fsp3) is 0.0625. The second-order valence-electron chi connectivity index (χ2n) is 4.69. The number of rotatable bonds is 5. The average molecular weight is 384 g/mol. The number of aromatic hydroxyl groups is 1. The van der Waals surface area contributed by atoms with Crippen LogP contribution >= 0.6 is 35.4 Å². The lowest BCUT2D eigenvalue weighted by Gasteiger charge is -2.15. The molecule has 0 saturated carbocycles. The van der Waals surface area contributed by atoms with Gasteiger partial charge in [-0.25, -0.2) is 0 Å². The van der Waals surface area contributed by atoms with E-state index in [0.29, 0.717) is 37.9 Å². The van der Waals surface area contributed by atoms with Crippen molar-refractivity contribution in [3.05, 3.63) is 58.6 Å². The number of phenols is 1. The first-order valence-electron chi connectivity index (χ1n) is 6.75. The Labute approximate surface area is 155 Å². The van der Waals surface area contributed by atoms with Gasteiger partial charge >= 0.3 is 0 Å². The average Bonchev–Trinajstić information content (AvgIpc) is 2.56. The van der Waals surface area contributed by atoms with Gasteiger partial charge in [-0.05, 0) is 42.5 Å². The van der Waals surface area contributed by atoms with E-state index in [0.717, 1.165) is 0 Å². The van der Waals surface area contributed by atoms with Gasteiger partial charge in [-0.3, -0.25) is 10.9 Å². The molecule has 126 valence electrons. The lowest BCUT2D eigenvalue weighted by atomic mass is 10.1. The zero-order chi connectivity index (χ0) is 17.7. The third kappa shape index (κ3) is 4.67. The molecule has 2 aromatic rings. The third-order valence-electron chi connectivity index (χ3n) is 3.03. The van der Waals surface area contributed by atoms with Crippen molar-refractivity contribution in [2.24, 2.45) is 0 Å². The maximum atomic E-state index is 9.97. The predicted molar refractivity (Wildman–Crippen MR) is 103 cm³/mol. The fourth-order valence-electron chi connectivity index (χ4n) is 1.83. The zero-order valence-corrected chi connectivity index (χ0v) is 15.0. The molecule has 0 spiro atoms. The molecule has 0 aliphatic heterocycles. The first-order chi connectivity index (χ1) is 11.4. The number of phenolic OH excluding ortho intramolecular Hbond substituents is 1. The minimum atomic E-state index is 0.0389. The van der Waals surface area contributed by atoms with Gasteiger partial charge in [0.2, 0.25) is 0 Å². The number of hydrogen-bond acceptors (Lipinski definition) is 4. The standard InChI is InChI=1S/C16H15Cl2N3O2S/c1-9(12-5-4-11(23-2)8-15(12)22)20-21-16(24)19-10-3-6-13(17)14(18)7-10/h3-8,20,22H,1H2,2H3,(H2,19,21,24). The summed E-state index contributed by atoms with van der Waals surface area (Å²) in [6.45, 7) is 3.85. The molecule has 2 aromatic carbocycles. The highest BCUT2D eigenvalue weighted by atomic mass is 35.5. The molecule has 0 amide bonds. The van der Waals surface area contributed by atoms with Crippen LogP contribution in [0.5, 0.6) is 11.5 Å². The van der Waals surface area contributed by atoms with Crippen LogP contribution in [0.2, 0.25) is 10.0 Å². The molecule has 0 heterocycles. The number of benzene rings is 2. The molecule has 0 saturated heterocycles. The van der Waals surface area contributed by atoms with Crippen molar-refractivity contribution in [3.8, 4) is 11.5 Å². The van der Waals surface area contributed by atoms with Crippen LogP contribution in [0.4, 0.5) is 5.69 Å². The summed E-state index contributed by atoms with van der Waals surface area (Å²) in [6, 6.07) is 9.95. The molecule has 0 fully saturated rings. The van der Waals surface area contributed by atoms with Gasteiger partial charge in [-0.2, -0.15) is 0 Å². The van der Waals surface area contributed by atoms with Gasteiger partial charge in [0.25, 0.3) is 0 Å². The Hall–Kier alpha value is -2.15. The Balaban J connectivity index is 1.93. The predicted octanol–water partition coefficient (Wildman–Crippen LogP) is 4.17. The zero-order valence-electron chi connectivity index (χ0n) is 12.7. The van der Waals surface area contributed by atoms with E-state index in [1.165, 1.54) is 13.2 Å². The van der Waals surface area contributed by atoms with E-state index in [1.807, 2.05) is 0 Å². The quantitative estimate of drug-likeness (QED) is 0.459. The Kier molecular flexibility index (Phi) is 6.14. The summed E-state index contributed by atoms with van der Waals surface area (Å²) in [5, 5.41) is 14.1. The molecular weight excluding hydrogens is 369 g/mol. The van der Waals surface area contributed by atoms with E-state index in [4.69, 9.17) is 40.2 Å². The lowest BCUT2D eigenvalue weighted by Crippen LogP contribution is -2.38. The summed E-state index contributed by atoms with van der Waals surface area (Å²) >= 11 is 17.0. The van der Waals surface area contributed by atoms with Crippen molar-refractivity contribution in [1.29, 1.82) is 0 Å². The summed E-state index contributed by atoms with van der Waals surface area (Å²) in [4.78, 5) is 0. The van der Waals surface area contributed by atoms with E-state index >= 15 is 0 Å². The molecule has 0 atom stereocenters. The van der Waals surface area contributed by atoms with E-state index < -0.39 is 0 Å². The van der Waals surface area contributed by atoms with Crippen LogP contribution in [0, 0.1) is 0 Å². The van der Waals surface area contributed by atoms with Gasteiger partial charge in [0.15, 0.2) is 5.11 Å². The largest absolute Gasteiger partial charge is 0.507 e. The Morgan fingerprint density at radius 3 is 2.50 bits per heavy atom. The Bertz CT molecular complexity index is 784. The number of halogens is 2. The van der Waals surface area contributed by atoms with Crippen molar-refractivity contribution >= 4 is 51.9 Å². The molecule has 4 N–H and O–H groups in total. The maximum Gasteiger partial charge on any atom is 0.189 e. The molecule has 5 nitrogen and oxygen atoms in total. The van der Waals surface area contributed by atoms with Crippen LogP contribution in [0.3, 0.4) is 0 Å². The number of thiocarbonyl (C=S) groups is 1. The minimum Gasteiger partial charge on any atom is -0.507 e. The van der Waals surface area contributed by atoms with Gasteiger partial charge in [0.1, 0.15) is 11.5 Å². The summed E-state index contributed by atoms with van der Waals surface area (Å²) in [5.41, 5.74) is 7.22. The maximum absolute atomic E-state index is 9.97. The van der Waals surface area contributed by atoms with Crippen molar-refractivity contribution in [2.45, 2.75) is 0 Å². The molecule has 24 heavy (non-hydrogen) atoms. The smallest absolute Gasteiger partial charge is 0.189 e. The SMILES string of the molecule is C=C(NNC(=S)Nc1ccc(Cl)c(Cl)c1)c1ccc(OC)cc1O. The normalized spacial score (nSPS) is 9.96. The number of methoxy groups -OCH3 is 1. The second-order valence-corrected chi connectivity index (χ2v) is 5.92. The highest BCUT2D eigenvalue weighted by molar-refractivity contribution is 7.80. The first-order valence-corrected chi connectivity index (χ1v) is 7.91. The van der Waals surface area contributed by atoms with Gasteiger partial charge in [-0.1, -0.05) is 29.8 Å². The number of anilines is 1. The van der Waals surface area contributed by atoms with Crippen molar-refractivity contribution in [2.75, 3.05) is 12.4 Å². The number of hydrogen-bond donors (Lipinski definition) is 4. The van der Waals surface area contributed by atoms with Gasteiger partial charge in [0.05, 0.1) is 22.9 Å². The lowest BCUT2D eigenvalue weighted by molar-refractivity contribution is 0.407. The summed E-state index contributed by atoms with van der Waals surface area (Å²) in [5.74, 6) is 0.589. The minimum absolute atomic E-state index is 0.0389. The molecule has 0 aromatic heterocycles. The van der Waals surface area contributed by atoms with Gasteiger partial charge < -0.3 is 15.2 Å². The van der Waals surface area contributed by atoms with Gasteiger partial charge in [-0.15, -0.1) is 0 Å². The highest BCUT2D eigenvalue weighted by Crippen LogP contribution is 2.27. The molecule has 0 aliphatic carbocycles. The van der Waals surface area contributed by atoms with E-state index in [-0.39, 0.29) is 5.75 Å². The third-order valence-corrected chi connectivity index (χ3v) is 3.98. The summed E-state index contributed by atoms with van der Waals surface area (Å²) in [7, 11) is 1.52. The van der Waals surface area contributed by atoms with Crippen LogP contribution in [0.25, 0.3) is 5.70 Å². The molecule has 2 rings (SSSR count). The molecular formula is C16H15Cl2N3O2S. The van der Waals surface area contributed by atoms with Gasteiger partial charge in [0, 0.05) is 17.3 Å². The molecule has 0 aliphatic rings. The molecule has 8 heteroatoms. The van der Waals surface area contributed by atoms with E-state index in [9.17, 15) is 5.11 Å². The van der Waals surface area contributed by atoms with Crippen molar-refractivity contribution < 1.29 is 9.84 Å². The first kappa shape index (κ1) is 18.2.